The summed E-state index contributed by atoms with van der Waals surface area (Å²) in [6.45, 7) is 4.11. The first-order chi connectivity index (χ1) is 9.04. The van der Waals surface area contributed by atoms with Gasteiger partial charge >= 0.3 is 0 Å². The molecule has 1 aromatic heterocycles. The summed E-state index contributed by atoms with van der Waals surface area (Å²) in [4.78, 5) is 4.15. The van der Waals surface area contributed by atoms with Gasteiger partial charge in [0.2, 0.25) is 0 Å². The van der Waals surface area contributed by atoms with Crippen molar-refractivity contribution in [2.75, 3.05) is 11.5 Å². The van der Waals surface area contributed by atoms with Crippen molar-refractivity contribution < 1.29 is 0 Å². The Hall–Kier alpha value is -2.07. The largest absolute Gasteiger partial charge is 0.399 e. The van der Waals surface area contributed by atoms with Crippen molar-refractivity contribution in [3.05, 3.63) is 53.6 Å². The molecule has 0 saturated heterocycles. The van der Waals surface area contributed by atoms with E-state index in [-0.39, 0.29) is 7.43 Å². The third-order valence-corrected chi connectivity index (χ3v) is 3.49. The minimum absolute atomic E-state index is 0. The van der Waals surface area contributed by atoms with Gasteiger partial charge in [0, 0.05) is 5.69 Å². The van der Waals surface area contributed by atoms with E-state index in [1.165, 1.54) is 27.2 Å². The third kappa shape index (κ3) is 4.24. The predicted molar refractivity (Wildman–Crippen MR) is 91.1 cm³/mol. The topological polar surface area (TPSA) is 64.9 Å². The average Bonchev–Trinajstić information content (AvgIpc) is 2.73. The van der Waals surface area contributed by atoms with Crippen LogP contribution < -0.4 is 11.5 Å². The number of rotatable bonds is 0. The van der Waals surface area contributed by atoms with Gasteiger partial charge in [0.1, 0.15) is 0 Å². The summed E-state index contributed by atoms with van der Waals surface area (Å²) < 4.78 is 1.17. The van der Waals surface area contributed by atoms with Gasteiger partial charge in [-0.25, -0.2) is 4.98 Å². The predicted octanol–water partition coefficient (Wildman–Crippen LogP) is 4.40. The Morgan fingerprint density at radius 3 is 2.10 bits per heavy atom. The zero-order valence-corrected chi connectivity index (χ0v) is 11.9. The van der Waals surface area contributed by atoms with Crippen LogP contribution in [0.4, 0.5) is 10.8 Å². The number of hydrogen-bond donors (Lipinski definition) is 2. The number of aryl methyl sites for hydroxylation is 2. The minimum atomic E-state index is 0. The van der Waals surface area contributed by atoms with E-state index in [1.807, 2.05) is 43.3 Å². The number of nitrogen functional groups attached to an aromatic ring is 2. The molecule has 1 heterocycles. The van der Waals surface area contributed by atoms with E-state index in [0.29, 0.717) is 5.13 Å². The van der Waals surface area contributed by atoms with Crippen LogP contribution in [0.25, 0.3) is 10.2 Å². The highest BCUT2D eigenvalue weighted by Crippen LogP contribution is 2.23. The molecule has 0 amide bonds. The monoisotopic (exact) mass is 287 g/mol. The summed E-state index contributed by atoms with van der Waals surface area (Å²) in [5.74, 6) is 0. The molecular formula is C16H21N3S. The molecule has 0 spiro atoms. The molecule has 20 heavy (non-hydrogen) atoms. The highest BCUT2D eigenvalue weighted by molar-refractivity contribution is 7.22. The van der Waals surface area contributed by atoms with E-state index >= 15 is 0 Å². The lowest BCUT2D eigenvalue weighted by Crippen LogP contribution is -1.81. The smallest absolute Gasteiger partial charge is 0.181 e. The molecule has 4 N–H and O–H groups in total. The minimum Gasteiger partial charge on any atom is -0.399 e. The number of thiazole rings is 1. The molecule has 0 fully saturated rings. The molecule has 0 aliphatic rings. The Bertz CT molecular complexity index is 651. The van der Waals surface area contributed by atoms with E-state index < -0.39 is 0 Å². The lowest BCUT2D eigenvalue weighted by molar-refractivity contribution is 1.46. The zero-order valence-electron chi connectivity index (χ0n) is 11.1. The zero-order chi connectivity index (χ0) is 13.8. The summed E-state index contributed by atoms with van der Waals surface area (Å²) >= 11 is 1.53. The fraction of sp³-hybridized carbons (Fsp3) is 0.188. The molecule has 3 rings (SSSR count). The fourth-order valence-corrected chi connectivity index (χ4v) is 2.45. The normalized spacial score (nSPS) is 9.50. The van der Waals surface area contributed by atoms with Gasteiger partial charge in [0.15, 0.2) is 5.13 Å². The maximum absolute atomic E-state index is 5.55. The summed E-state index contributed by atoms with van der Waals surface area (Å²) in [5.41, 5.74) is 15.3. The summed E-state index contributed by atoms with van der Waals surface area (Å²) in [5, 5.41) is 0.644. The second kappa shape index (κ2) is 6.91. The second-order valence-corrected chi connectivity index (χ2v) is 5.50. The van der Waals surface area contributed by atoms with Crippen molar-refractivity contribution in [3.63, 3.8) is 0 Å². The van der Waals surface area contributed by atoms with Crippen molar-refractivity contribution in [2.24, 2.45) is 0 Å². The van der Waals surface area contributed by atoms with Crippen LogP contribution in [0.15, 0.2) is 42.5 Å². The number of benzene rings is 2. The van der Waals surface area contributed by atoms with Crippen LogP contribution >= 0.6 is 11.3 Å². The molecule has 0 atom stereocenters. The third-order valence-electron chi connectivity index (χ3n) is 2.64. The van der Waals surface area contributed by atoms with Crippen molar-refractivity contribution in [1.82, 2.24) is 4.98 Å². The molecule has 3 aromatic rings. The molecule has 0 aliphatic heterocycles. The molecule has 0 bridgehead atoms. The number of aromatic nitrogens is 1. The van der Waals surface area contributed by atoms with Crippen LogP contribution in [0, 0.1) is 13.8 Å². The van der Waals surface area contributed by atoms with Crippen molar-refractivity contribution >= 4 is 32.4 Å². The Morgan fingerprint density at radius 2 is 1.50 bits per heavy atom. The van der Waals surface area contributed by atoms with Crippen LogP contribution in [0.3, 0.4) is 0 Å². The van der Waals surface area contributed by atoms with Gasteiger partial charge in [0.05, 0.1) is 10.2 Å². The van der Waals surface area contributed by atoms with Crippen molar-refractivity contribution in [3.8, 4) is 0 Å². The Balaban J connectivity index is 0.000000200. The number of anilines is 2. The first-order valence-electron chi connectivity index (χ1n) is 5.99. The molecule has 0 aliphatic carbocycles. The molecule has 0 unspecified atom stereocenters. The number of hydrogen-bond acceptors (Lipinski definition) is 4. The maximum Gasteiger partial charge on any atom is 0.181 e. The lowest BCUT2D eigenvalue weighted by Gasteiger charge is -1.90. The van der Waals surface area contributed by atoms with Gasteiger partial charge in [-0.3, -0.25) is 0 Å². The molecule has 106 valence electrons. The number of fused-ring (bicyclic) bond motifs is 1. The highest BCUT2D eigenvalue weighted by Gasteiger charge is 1.98. The SMILES string of the molecule is C.Cc1ccc(N)cc1.Cc1ccc2nc(N)sc2c1. The van der Waals surface area contributed by atoms with Gasteiger partial charge in [-0.05, 0) is 43.7 Å². The first kappa shape index (κ1) is 16.0. The maximum atomic E-state index is 5.55. The van der Waals surface area contributed by atoms with Gasteiger partial charge in [-0.15, -0.1) is 0 Å². The van der Waals surface area contributed by atoms with Gasteiger partial charge in [-0.1, -0.05) is 42.5 Å². The van der Waals surface area contributed by atoms with Gasteiger partial charge < -0.3 is 11.5 Å². The Morgan fingerprint density at radius 1 is 0.900 bits per heavy atom. The Labute approximate surface area is 124 Å². The van der Waals surface area contributed by atoms with Crippen LogP contribution in [-0.2, 0) is 0 Å². The second-order valence-electron chi connectivity index (χ2n) is 4.43. The van der Waals surface area contributed by atoms with E-state index in [4.69, 9.17) is 11.5 Å². The van der Waals surface area contributed by atoms with Crippen LogP contribution in [0.5, 0.6) is 0 Å². The quantitative estimate of drug-likeness (QED) is 0.602. The number of nitrogens with zero attached hydrogens (tertiary/aromatic N) is 1. The first-order valence-corrected chi connectivity index (χ1v) is 6.81. The van der Waals surface area contributed by atoms with E-state index in [9.17, 15) is 0 Å². The summed E-state index contributed by atoms with van der Waals surface area (Å²) in [6.07, 6.45) is 0. The van der Waals surface area contributed by atoms with Crippen LogP contribution in [0.2, 0.25) is 0 Å². The lowest BCUT2D eigenvalue weighted by atomic mass is 10.2. The average molecular weight is 287 g/mol. The van der Waals surface area contributed by atoms with Crippen molar-refractivity contribution in [1.29, 1.82) is 0 Å². The van der Waals surface area contributed by atoms with Crippen molar-refractivity contribution in [2.45, 2.75) is 21.3 Å². The molecule has 0 radical (unpaired) electrons. The van der Waals surface area contributed by atoms with Crippen LogP contribution in [0.1, 0.15) is 18.6 Å². The standard InChI is InChI=1S/C8H8N2S.C7H9N.CH4/c1-5-2-3-6-7(4-5)11-8(9)10-6;1-6-2-4-7(8)5-3-6;/h2-4H,1H3,(H2,9,10);2-5H,8H2,1H3;1H4. The Kier molecular flexibility index (Phi) is 5.53. The molecule has 4 heteroatoms. The molecular weight excluding hydrogens is 266 g/mol. The molecule has 3 nitrogen and oxygen atoms in total. The summed E-state index contributed by atoms with van der Waals surface area (Å²) in [7, 11) is 0. The number of nitrogens with two attached hydrogens (primary N) is 2. The van der Waals surface area contributed by atoms with Gasteiger partial charge in [0.25, 0.3) is 0 Å². The fourth-order valence-electron chi connectivity index (χ4n) is 1.62. The van der Waals surface area contributed by atoms with E-state index in [1.54, 1.807) is 0 Å². The van der Waals surface area contributed by atoms with Crippen LogP contribution in [-0.4, -0.2) is 4.98 Å². The van der Waals surface area contributed by atoms with E-state index in [0.717, 1.165) is 11.2 Å². The molecule has 0 saturated carbocycles. The van der Waals surface area contributed by atoms with E-state index in [2.05, 4.69) is 18.0 Å². The summed E-state index contributed by atoms with van der Waals surface area (Å²) in [6, 6.07) is 13.9. The van der Waals surface area contributed by atoms with Gasteiger partial charge in [-0.2, -0.15) is 0 Å². The highest BCUT2D eigenvalue weighted by atomic mass is 32.1. The molecule has 2 aromatic carbocycles.